The van der Waals surface area contributed by atoms with Gasteiger partial charge in [-0.1, -0.05) is 12.1 Å². The zero-order chi connectivity index (χ0) is 14.7. The summed E-state index contributed by atoms with van der Waals surface area (Å²) in [4.78, 5) is 11.9. The van der Waals surface area contributed by atoms with Crippen LogP contribution in [0.15, 0.2) is 18.2 Å². The number of amides is 1. The van der Waals surface area contributed by atoms with E-state index in [4.69, 9.17) is 4.74 Å². The summed E-state index contributed by atoms with van der Waals surface area (Å²) in [6.07, 6.45) is 0. The number of ether oxygens (including phenoxy) is 1. The number of hydrogen-bond acceptors (Lipinski definition) is 3. The standard InChI is InChI=1S/C15H19N3O2/c1-9-5-6-10(2)13(7-9)20-8-14(19)16-15-11(3)12(4)17-18-15/h5-7H,8H2,1-4H3,(H2,16,17,18,19). The van der Waals surface area contributed by atoms with E-state index in [1.165, 1.54) is 0 Å². The molecular weight excluding hydrogens is 254 g/mol. The van der Waals surface area contributed by atoms with Gasteiger partial charge < -0.3 is 10.1 Å². The molecule has 1 aromatic heterocycles. The molecule has 0 aliphatic heterocycles. The van der Waals surface area contributed by atoms with Crippen LogP contribution in [0.25, 0.3) is 0 Å². The van der Waals surface area contributed by atoms with E-state index in [1.807, 2.05) is 45.9 Å². The van der Waals surface area contributed by atoms with Crippen LogP contribution in [0.4, 0.5) is 5.82 Å². The Kier molecular flexibility index (Phi) is 4.08. The molecular formula is C15H19N3O2. The molecule has 0 aliphatic rings. The number of hydrogen-bond donors (Lipinski definition) is 2. The second kappa shape index (κ2) is 5.77. The number of carbonyl (C=O) groups excluding carboxylic acids is 1. The van der Waals surface area contributed by atoms with Gasteiger partial charge in [-0.15, -0.1) is 0 Å². The molecule has 2 aromatic rings. The summed E-state index contributed by atoms with van der Waals surface area (Å²) in [7, 11) is 0. The predicted molar refractivity (Wildman–Crippen MR) is 78.1 cm³/mol. The third-order valence-electron chi connectivity index (χ3n) is 3.21. The Morgan fingerprint density at radius 2 is 2.05 bits per heavy atom. The Hall–Kier alpha value is -2.30. The topological polar surface area (TPSA) is 67.0 Å². The fourth-order valence-corrected chi connectivity index (χ4v) is 1.78. The van der Waals surface area contributed by atoms with E-state index < -0.39 is 0 Å². The van der Waals surface area contributed by atoms with Crippen molar-refractivity contribution in [3.8, 4) is 5.75 Å². The molecule has 0 unspecified atom stereocenters. The molecule has 0 saturated carbocycles. The number of carbonyl (C=O) groups is 1. The van der Waals surface area contributed by atoms with Gasteiger partial charge in [0.15, 0.2) is 12.4 Å². The summed E-state index contributed by atoms with van der Waals surface area (Å²) in [5.74, 6) is 1.06. The fourth-order valence-electron chi connectivity index (χ4n) is 1.78. The van der Waals surface area contributed by atoms with E-state index in [0.29, 0.717) is 5.82 Å². The lowest BCUT2D eigenvalue weighted by Crippen LogP contribution is -2.21. The van der Waals surface area contributed by atoms with E-state index in [1.54, 1.807) is 0 Å². The number of aryl methyl sites for hydroxylation is 3. The van der Waals surface area contributed by atoms with Gasteiger partial charge in [0.25, 0.3) is 5.91 Å². The van der Waals surface area contributed by atoms with Crippen molar-refractivity contribution in [2.45, 2.75) is 27.7 Å². The van der Waals surface area contributed by atoms with Gasteiger partial charge in [0.2, 0.25) is 0 Å². The minimum atomic E-state index is -0.222. The van der Waals surface area contributed by atoms with Gasteiger partial charge in [-0.05, 0) is 44.9 Å². The number of nitrogens with one attached hydrogen (secondary N) is 2. The summed E-state index contributed by atoms with van der Waals surface area (Å²) in [5, 5.41) is 9.59. The highest BCUT2D eigenvalue weighted by atomic mass is 16.5. The summed E-state index contributed by atoms with van der Waals surface area (Å²) in [6.45, 7) is 7.72. The van der Waals surface area contributed by atoms with Crippen molar-refractivity contribution in [3.05, 3.63) is 40.6 Å². The van der Waals surface area contributed by atoms with Crippen LogP contribution in [0.5, 0.6) is 5.75 Å². The van der Waals surface area contributed by atoms with Crippen molar-refractivity contribution >= 4 is 11.7 Å². The van der Waals surface area contributed by atoms with Crippen molar-refractivity contribution in [3.63, 3.8) is 0 Å². The van der Waals surface area contributed by atoms with Gasteiger partial charge in [0, 0.05) is 11.3 Å². The van der Waals surface area contributed by atoms with Gasteiger partial charge in [-0.2, -0.15) is 5.10 Å². The maximum atomic E-state index is 11.9. The zero-order valence-electron chi connectivity index (χ0n) is 12.2. The van der Waals surface area contributed by atoms with Gasteiger partial charge in [0.1, 0.15) is 5.75 Å². The molecule has 0 aliphatic carbocycles. The first-order valence-corrected chi connectivity index (χ1v) is 6.49. The van der Waals surface area contributed by atoms with Crippen LogP contribution >= 0.6 is 0 Å². The van der Waals surface area contributed by atoms with Crippen LogP contribution in [0.2, 0.25) is 0 Å². The maximum absolute atomic E-state index is 11.9. The molecule has 2 N–H and O–H groups in total. The lowest BCUT2D eigenvalue weighted by Gasteiger charge is -2.09. The molecule has 1 aromatic carbocycles. The smallest absolute Gasteiger partial charge is 0.263 e. The van der Waals surface area contributed by atoms with Gasteiger partial charge >= 0.3 is 0 Å². The van der Waals surface area contributed by atoms with Crippen LogP contribution in [0.3, 0.4) is 0 Å². The second-order valence-corrected chi connectivity index (χ2v) is 4.93. The molecule has 0 spiro atoms. The number of anilines is 1. The number of rotatable bonds is 4. The highest BCUT2D eigenvalue weighted by molar-refractivity contribution is 5.91. The average Bonchev–Trinajstić information content (AvgIpc) is 2.72. The molecule has 0 radical (unpaired) electrons. The third-order valence-corrected chi connectivity index (χ3v) is 3.21. The first kappa shape index (κ1) is 14.1. The van der Waals surface area contributed by atoms with Gasteiger partial charge in [-0.3, -0.25) is 9.89 Å². The Bertz CT molecular complexity index is 632. The summed E-state index contributed by atoms with van der Waals surface area (Å²) in [6, 6.07) is 5.91. The summed E-state index contributed by atoms with van der Waals surface area (Å²) in [5.41, 5.74) is 3.99. The Balaban J connectivity index is 1.95. The third kappa shape index (κ3) is 3.17. The molecule has 1 amide bonds. The van der Waals surface area contributed by atoms with Gasteiger partial charge in [0.05, 0.1) is 0 Å². The normalized spacial score (nSPS) is 10.4. The number of benzene rings is 1. The SMILES string of the molecule is Cc1ccc(C)c(OCC(=O)Nc2n[nH]c(C)c2C)c1. The van der Waals surface area contributed by atoms with Crippen LogP contribution in [0.1, 0.15) is 22.4 Å². The quantitative estimate of drug-likeness (QED) is 0.900. The number of H-pyrrole nitrogens is 1. The van der Waals surface area contributed by atoms with Crippen molar-refractivity contribution in [1.29, 1.82) is 0 Å². The van der Waals surface area contributed by atoms with Crippen LogP contribution in [-0.4, -0.2) is 22.7 Å². The monoisotopic (exact) mass is 273 g/mol. The van der Waals surface area contributed by atoms with Crippen LogP contribution < -0.4 is 10.1 Å². The Labute approximate surface area is 118 Å². The van der Waals surface area contributed by atoms with E-state index in [-0.39, 0.29) is 12.5 Å². The highest BCUT2D eigenvalue weighted by Crippen LogP contribution is 2.19. The van der Waals surface area contributed by atoms with Crippen molar-refractivity contribution < 1.29 is 9.53 Å². The second-order valence-electron chi connectivity index (χ2n) is 4.93. The number of nitrogens with zero attached hydrogens (tertiary/aromatic N) is 1. The zero-order valence-corrected chi connectivity index (χ0v) is 12.2. The molecule has 0 bridgehead atoms. The van der Waals surface area contributed by atoms with Crippen molar-refractivity contribution in [2.75, 3.05) is 11.9 Å². The molecule has 5 nitrogen and oxygen atoms in total. The molecule has 106 valence electrons. The minimum Gasteiger partial charge on any atom is -0.483 e. The maximum Gasteiger partial charge on any atom is 0.263 e. The molecule has 5 heteroatoms. The van der Waals surface area contributed by atoms with E-state index in [2.05, 4.69) is 15.5 Å². The Morgan fingerprint density at radius 3 is 2.70 bits per heavy atom. The van der Waals surface area contributed by atoms with E-state index in [9.17, 15) is 4.79 Å². The van der Waals surface area contributed by atoms with E-state index in [0.717, 1.165) is 28.1 Å². The summed E-state index contributed by atoms with van der Waals surface area (Å²) >= 11 is 0. The lowest BCUT2D eigenvalue weighted by atomic mass is 10.1. The Morgan fingerprint density at radius 1 is 1.30 bits per heavy atom. The molecule has 0 fully saturated rings. The van der Waals surface area contributed by atoms with Crippen LogP contribution in [0, 0.1) is 27.7 Å². The number of aromatic amines is 1. The molecule has 2 rings (SSSR count). The average molecular weight is 273 g/mol. The number of aromatic nitrogens is 2. The molecule has 0 saturated heterocycles. The molecule has 0 atom stereocenters. The molecule has 1 heterocycles. The first-order valence-electron chi connectivity index (χ1n) is 6.49. The molecule has 20 heavy (non-hydrogen) atoms. The van der Waals surface area contributed by atoms with Crippen LogP contribution in [-0.2, 0) is 4.79 Å². The highest BCUT2D eigenvalue weighted by Gasteiger charge is 2.10. The van der Waals surface area contributed by atoms with Gasteiger partial charge in [-0.25, -0.2) is 0 Å². The van der Waals surface area contributed by atoms with Crippen molar-refractivity contribution in [2.24, 2.45) is 0 Å². The minimum absolute atomic E-state index is 0.0321. The van der Waals surface area contributed by atoms with Crippen molar-refractivity contribution in [1.82, 2.24) is 10.2 Å². The largest absolute Gasteiger partial charge is 0.483 e. The summed E-state index contributed by atoms with van der Waals surface area (Å²) < 4.78 is 5.55. The predicted octanol–water partition coefficient (Wildman–Crippen LogP) is 2.66. The lowest BCUT2D eigenvalue weighted by molar-refractivity contribution is -0.118. The first-order chi connectivity index (χ1) is 9.47. The fraction of sp³-hybridized carbons (Fsp3) is 0.333. The van der Waals surface area contributed by atoms with E-state index >= 15 is 0 Å².